The molecule has 188 valence electrons. The first-order valence-electron chi connectivity index (χ1n) is 11.6. The molecule has 1 atom stereocenters. The van der Waals surface area contributed by atoms with Crippen molar-refractivity contribution in [2.45, 2.75) is 24.8 Å². The van der Waals surface area contributed by atoms with E-state index in [0.29, 0.717) is 12.4 Å². The van der Waals surface area contributed by atoms with Crippen LogP contribution in [-0.2, 0) is 22.2 Å². The zero-order valence-electron chi connectivity index (χ0n) is 20.5. The smallest absolute Gasteiger partial charge is 0.307 e. The van der Waals surface area contributed by atoms with Crippen LogP contribution in [0.2, 0.25) is 0 Å². The first-order valence-corrected chi connectivity index (χ1v) is 13.1. The van der Waals surface area contributed by atoms with Crippen molar-refractivity contribution in [2.75, 3.05) is 6.26 Å². The molecule has 3 N–H and O–H groups in total. The number of rotatable bonds is 7. The lowest BCUT2D eigenvalue weighted by atomic mass is 10.0. The highest BCUT2D eigenvalue weighted by molar-refractivity contribution is 7.84. The average Bonchev–Trinajstić information content (AvgIpc) is 3.12. The van der Waals surface area contributed by atoms with Gasteiger partial charge < -0.3 is 15.3 Å². The van der Waals surface area contributed by atoms with E-state index >= 15 is 0 Å². The summed E-state index contributed by atoms with van der Waals surface area (Å²) < 4.78 is 18.3. The highest BCUT2D eigenvalue weighted by Gasteiger charge is 2.26. The third-order valence-electron chi connectivity index (χ3n) is 6.36. The molecule has 7 heteroatoms. The molecule has 0 saturated carbocycles. The largest absolute Gasteiger partial charge is 0.487 e. The van der Waals surface area contributed by atoms with E-state index in [1.807, 2.05) is 91.9 Å². The number of para-hydroxylation sites is 1. The topological polar surface area (TPSA) is 108 Å². The standard InChI is InChI=1S/C30H25NO4S.H2O/c1-19-25(15-21-8-4-6-10-29(21)36(2)34)24-14-13-23(16-27(24)26(19)17-30(32)33)35-18-22-12-11-20-7-3-5-9-28(20)31-22;/h3-16H,17-18H2,1-2H3,(H,32,33);1H2. The van der Waals surface area contributed by atoms with Crippen molar-refractivity contribution in [1.82, 2.24) is 4.98 Å². The normalized spacial score (nSPS) is 14.4. The van der Waals surface area contributed by atoms with Gasteiger partial charge in [0, 0.05) is 16.5 Å². The molecule has 1 aliphatic rings. The number of benzene rings is 3. The fourth-order valence-corrected chi connectivity index (χ4v) is 5.32. The molecule has 0 fully saturated rings. The Morgan fingerprint density at radius 3 is 2.54 bits per heavy atom. The summed E-state index contributed by atoms with van der Waals surface area (Å²) >= 11 is 0. The number of ether oxygens (including phenoxy) is 1. The molecule has 0 radical (unpaired) electrons. The molecule has 0 bridgehead atoms. The quantitative estimate of drug-likeness (QED) is 0.350. The molecule has 1 unspecified atom stereocenters. The fourth-order valence-electron chi connectivity index (χ4n) is 4.59. The van der Waals surface area contributed by atoms with Gasteiger partial charge in [0.05, 0.1) is 28.4 Å². The number of hydrogen-bond acceptors (Lipinski definition) is 4. The molecule has 0 spiro atoms. The van der Waals surface area contributed by atoms with Crippen molar-refractivity contribution in [3.63, 3.8) is 0 Å². The van der Waals surface area contributed by atoms with Crippen LogP contribution in [0.3, 0.4) is 0 Å². The Labute approximate surface area is 217 Å². The van der Waals surface area contributed by atoms with E-state index in [1.165, 1.54) is 0 Å². The van der Waals surface area contributed by atoms with E-state index in [4.69, 9.17) is 4.74 Å². The van der Waals surface area contributed by atoms with Gasteiger partial charge in [-0.05, 0) is 76.7 Å². The van der Waals surface area contributed by atoms with Crippen LogP contribution in [0.15, 0.2) is 89.3 Å². The van der Waals surface area contributed by atoms with Crippen LogP contribution in [0.1, 0.15) is 35.7 Å². The number of pyridine rings is 1. The third kappa shape index (κ3) is 5.38. The van der Waals surface area contributed by atoms with Crippen LogP contribution in [0.5, 0.6) is 5.75 Å². The zero-order valence-corrected chi connectivity index (χ0v) is 21.3. The molecule has 1 heterocycles. The molecule has 0 saturated heterocycles. The summed E-state index contributed by atoms with van der Waals surface area (Å²) in [5.74, 6) is -0.242. The monoisotopic (exact) mass is 513 g/mol. The van der Waals surface area contributed by atoms with E-state index in [2.05, 4.69) is 4.98 Å². The number of allylic oxidation sites excluding steroid dienone is 2. The van der Waals surface area contributed by atoms with Crippen molar-refractivity contribution in [1.29, 1.82) is 0 Å². The SMILES string of the molecule is CC1=C(CC(=O)O)c2cc(OCc3ccc4ccccc4n3)ccc2C1=Cc1ccccc1S(C)=O.O. The van der Waals surface area contributed by atoms with Gasteiger partial charge >= 0.3 is 5.97 Å². The average molecular weight is 514 g/mol. The Morgan fingerprint density at radius 2 is 1.76 bits per heavy atom. The summed E-state index contributed by atoms with van der Waals surface area (Å²) in [4.78, 5) is 17.1. The second kappa shape index (κ2) is 10.9. The predicted octanol–water partition coefficient (Wildman–Crippen LogP) is 5.53. The number of carboxylic acids is 1. The second-order valence-corrected chi connectivity index (χ2v) is 10.1. The van der Waals surface area contributed by atoms with Crippen molar-refractivity contribution >= 4 is 44.9 Å². The molecular formula is C30H27NO5S. The Balaban J connectivity index is 0.00000320. The minimum atomic E-state index is -1.14. The summed E-state index contributed by atoms with van der Waals surface area (Å²) in [5, 5.41) is 10.7. The lowest BCUT2D eigenvalue weighted by Gasteiger charge is -2.11. The molecule has 1 aliphatic carbocycles. The third-order valence-corrected chi connectivity index (χ3v) is 7.35. The molecule has 0 aliphatic heterocycles. The van der Waals surface area contributed by atoms with Gasteiger partial charge in [-0.3, -0.25) is 9.00 Å². The van der Waals surface area contributed by atoms with E-state index in [1.54, 1.807) is 6.26 Å². The maximum atomic E-state index is 12.3. The molecule has 37 heavy (non-hydrogen) atoms. The van der Waals surface area contributed by atoms with Gasteiger partial charge in [0.15, 0.2) is 0 Å². The lowest BCUT2D eigenvalue weighted by Crippen LogP contribution is -2.00. The zero-order chi connectivity index (χ0) is 25.2. The first-order chi connectivity index (χ1) is 17.4. The van der Waals surface area contributed by atoms with E-state index in [9.17, 15) is 14.1 Å². The minimum absolute atomic E-state index is 0. The number of carbonyl (C=O) groups is 1. The van der Waals surface area contributed by atoms with Crippen LogP contribution in [0.25, 0.3) is 28.1 Å². The summed E-state index contributed by atoms with van der Waals surface area (Å²) in [6.45, 7) is 2.24. The van der Waals surface area contributed by atoms with Crippen molar-refractivity contribution in [3.05, 3.63) is 107 Å². The van der Waals surface area contributed by atoms with Crippen molar-refractivity contribution in [3.8, 4) is 5.75 Å². The first kappa shape index (κ1) is 26.0. The van der Waals surface area contributed by atoms with Gasteiger partial charge in [0.1, 0.15) is 12.4 Å². The van der Waals surface area contributed by atoms with Gasteiger partial charge in [-0.2, -0.15) is 0 Å². The minimum Gasteiger partial charge on any atom is -0.487 e. The summed E-state index contributed by atoms with van der Waals surface area (Å²) in [6.07, 6.45) is 3.57. The number of nitrogens with zero attached hydrogens (tertiary/aromatic N) is 1. The summed E-state index contributed by atoms with van der Waals surface area (Å²) in [7, 11) is -1.14. The van der Waals surface area contributed by atoms with E-state index in [-0.39, 0.29) is 11.9 Å². The molecular weight excluding hydrogens is 486 g/mol. The van der Waals surface area contributed by atoms with Gasteiger partial charge in [-0.1, -0.05) is 48.5 Å². The highest BCUT2D eigenvalue weighted by atomic mass is 32.2. The fraction of sp³-hybridized carbons (Fsp3) is 0.133. The van der Waals surface area contributed by atoms with Crippen LogP contribution < -0.4 is 4.74 Å². The number of carboxylic acid groups (broad SMARTS) is 1. The number of fused-ring (bicyclic) bond motifs is 2. The van der Waals surface area contributed by atoms with Crippen LogP contribution in [-0.4, -0.2) is 32.0 Å². The molecule has 0 amide bonds. The number of hydrogen-bond donors (Lipinski definition) is 1. The summed E-state index contributed by atoms with van der Waals surface area (Å²) in [6, 6.07) is 25.2. The molecule has 1 aromatic heterocycles. The maximum Gasteiger partial charge on any atom is 0.307 e. The van der Waals surface area contributed by atoms with Crippen LogP contribution >= 0.6 is 0 Å². The van der Waals surface area contributed by atoms with Gasteiger partial charge in [0.25, 0.3) is 0 Å². The van der Waals surface area contributed by atoms with Gasteiger partial charge in [-0.25, -0.2) is 4.98 Å². The highest BCUT2D eigenvalue weighted by Crippen LogP contribution is 2.45. The maximum absolute atomic E-state index is 12.3. The Bertz CT molecular complexity index is 1590. The second-order valence-electron chi connectivity index (χ2n) is 8.72. The Morgan fingerprint density at radius 1 is 1.00 bits per heavy atom. The van der Waals surface area contributed by atoms with Crippen LogP contribution in [0, 0.1) is 0 Å². The Hall–Kier alpha value is -4.07. The Kier molecular flexibility index (Phi) is 7.66. The van der Waals surface area contributed by atoms with Crippen molar-refractivity contribution in [2.24, 2.45) is 0 Å². The van der Waals surface area contributed by atoms with Crippen molar-refractivity contribution < 1.29 is 24.3 Å². The molecule has 5 rings (SSSR count). The summed E-state index contributed by atoms with van der Waals surface area (Å²) in [5.41, 5.74) is 6.97. The van der Waals surface area contributed by atoms with Crippen LogP contribution in [0.4, 0.5) is 0 Å². The van der Waals surface area contributed by atoms with E-state index in [0.717, 1.165) is 54.9 Å². The lowest BCUT2D eigenvalue weighted by molar-refractivity contribution is -0.135. The number of aliphatic carboxylic acids is 1. The number of aromatic nitrogens is 1. The van der Waals surface area contributed by atoms with E-state index < -0.39 is 16.8 Å². The van der Waals surface area contributed by atoms with Gasteiger partial charge in [-0.15, -0.1) is 0 Å². The van der Waals surface area contributed by atoms with Gasteiger partial charge in [0.2, 0.25) is 0 Å². The molecule has 4 aromatic rings. The molecule has 6 nitrogen and oxygen atoms in total. The molecule has 3 aromatic carbocycles. The predicted molar refractivity (Wildman–Crippen MR) is 148 cm³/mol.